The SMILES string of the molecule is CN(Cc1ccccn1)c1nc(=NC2CC2)n2nc/c(=C\c3[nH]c(=O)[nH]c3O)c2n1. The fraction of sp³-hybridized carbons (Fsp3) is 0.263. The fourth-order valence-electron chi connectivity index (χ4n) is 3.05. The van der Waals surface area contributed by atoms with Gasteiger partial charge in [0.1, 0.15) is 5.69 Å². The van der Waals surface area contributed by atoms with Gasteiger partial charge in [-0.25, -0.2) is 9.79 Å². The van der Waals surface area contributed by atoms with E-state index in [1.54, 1.807) is 23.0 Å². The molecule has 3 N–H and O–H groups in total. The van der Waals surface area contributed by atoms with Crippen LogP contribution in [0.15, 0.2) is 40.4 Å². The van der Waals surface area contributed by atoms with E-state index in [0.717, 1.165) is 18.5 Å². The van der Waals surface area contributed by atoms with Crippen molar-refractivity contribution in [2.24, 2.45) is 4.99 Å². The number of nitrogens with one attached hydrogen (secondary N) is 2. The number of imidazole rings is 1. The van der Waals surface area contributed by atoms with Crippen molar-refractivity contribution in [2.45, 2.75) is 25.4 Å². The number of pyridine rings is 1. The largest absolute Gasteiger partial charge is 0.493 e. The van der Waals surface area contributed by atoms with Crippen LogP contribution >= 0.6 is 0 Å². The van der Waals surface area contributed by atoms with E-state index in [-0.39, 0.29) is 17.6 Å². The van der Waals surface area contributed by atoms with E-state index in [1.165, 1.54) is 0 Å². The third-order valence-corrected chi connectivity index (χ3v) is 4.71. The Hall–Kier alpha value is -4.02. The first-order chi connectivity index (χ1) is 14.6. The lowest BCUT2D eigenvalue weighted by Crippen LogP contribution is -2.29. The van der Waals surface area contributed by atoms with Gasteiger partial charge >= 0.3 is 5.69 Å². The summed E-state index contributed by atoms with van der Waals surface area (Å²) in [5.41, 5.74) is 1.63. The Kier molecular flexibility index (Phi) is 4.27. The van der Waals surface area contributed by atoms with E-state index < -0.39 is 5.69 Å². The summed E-state index contributed by atoms with van der Waals surface area (Å²) in [4.78, 5) is 36.5. The highest BCUT2D eigenvalue weighted by molar-refractivity contribution is 5.57. The zero-order valence-corrected chi connectivity index (χ0v) is 16.1. The van der Waals surface area contributed by atoms with Gasteiger partial charge in [0.2, 0.25) is 11.8 Å². The van der Waals surface area contributed by atoms with Gasteiger partial charge in [-0.3, -0.25) is 9.97 Å². The number of hydrogen-bond donors (Lipinski definition) is 3. The molecule has 0 bridgehead atoms. The van der Waals surface area contributed by atoms with E-state index in [1.807, 2.05) is 30.1 Å². The van der Waals surface area contributed by atoms with Crippen molar-refractivity contribution >= 4 is 17.7 Å². The van der Waals surface area contributed by atoms with Gasteiger partial charge in [-0.15, -0.1) is 0 Å². The Morgan fingerprint density at radius 3 is 2.90 bits per heavy atom. The van der Waals surface area contributed by atoms with Crippen LogP contribution in [0.25, 0.3) is 11.7 Å². The highest BCUT2D eigenvalue weighted by Crippen LogP contribution is 2.22. The molecule has 4 heterocycles. The van der Waals surface area contributed by atoms with Crippen LogP contribution in [-0.4, -0.2) is 52.7 Å². The van der Waals surface area contributed by atoms with E-state index in [9.17, 15) is 9.90 Å². The number of fused-ring (bicyclic) bond motifs is 1. The molecule has 1 aliphatic carbocycles. The van der Waals surface area contributed by atoms with Crippen LogP contribution in [0, 0.1) is 0 Å². The highest BCUT2D eigenvalue weighted by atomic mass is 16.3. The number of aromatic amines is 2. The first-order valence-corrected chi connectivity index (χ1v) is 9.50. The number of anilines is 1. The first kappa shape index (κ1) is 18.0. The van der Waals surface area contributed by atoms with Crippen LogP contribution in [-0.2, 0) is 6.54 Å². The molecule has 0 radical (unpaired) electrons. The van der Waals surface area contributed by atoms with Crippen molar-refractivity contribution in [3.63, 3.8) is 0 Å². The highest BCUT2D eigenvalue weighted by Gasteiger charge is 2.21. The Bertz CT molecular complexity index is 1380. The molecule has 5 rings (SSSR count). The van der Waals surface area contributed by atoms with Crippen LogP contribution in [0.3, 0.4) is 0 Å². The molecule has 4 aromatic rings. The minimum absolute atomic E-state index is 0.246. The van der Waals surface area contributed by atoms with Crippen molar-refractivity contribution in [1.29, 1.82) is 0 Å². The number of hydrogen-bond acceptors (Lipinski definition) is 8. The van der Waals surface area contributed by atoms with Crippen molar-refractivity contribution in [3.8, 4) is 5.88 Å². The van der Waals surface area contributed by atoms with Gasteiger partial charge < -0.3 is 15.0 Å². The number of nitrogens with zero attached hydrogens (tertiary/aromatic N) is 7. The maximum Gasteiger partial charge on any atom is 0.326 e. The third-order valence-electron chi connectivity index (χ3n) is 4.71. The fourth-order valence-corrected chi connectivity index (χ4v) is 3.05. The number of H-pyrrole nitrogens is 2. The van der Waals surface area contributed by atoms with Crippen molar-refractivity contribution in [3.05, 3.63) is 63.3 Å². The summed E-state index contributed by atoms with van der Waals surface area (Å²) in [6.45, 7) is 0.527. The summed E-state index contributed by atoms with van der Waals surface area (Å²) in [6.07, 6.45) is 7.01. The van der Waals surface area contributed by atoms with Gasteiger partial charge in [-0.1, -0.05) is 6.07 Å². The van der Waals surface area contributed by atoms with Crippen LogP contribution in [0.1, 0.15) is 24.2 Å². The Labute approximate surface area is 169 Å². The second-order valence-electron chi connectivity index (χ2n) is 7.18. The molecular weight excluding hydrogens is 386 g/mol. The summed E-state index contributed by atoms with van der Waals surface area (Å²) in [5, 5.41) is 14.9. The second-order valence-corrected chi connectivity index (χ2v) is 7.18. The molecule has 1 saturated carbocycles. The van der Waals surface area contributed by atoms with Crippen LogP contribution in [0.5, 0.6) is 5.88 Å². The molecule has 11 nitrogen and oxygen atoms in total. The second kappa shape index (κ2) is 7.10. The van der Waals surface area contributed by atoms with Crippen molar-refractivity contribution in [2.75, 3.05) is 11.9 Å². The predicted octanol–water partition coefficient (Wildman–Crippen LogP) is -0.511. The molecule has 0 spiro atoms. The van der Waals surface area contributed by atoms with E-state index in [0.29, 0.717) is 29.0 Å². The zero-order valence-electron chi connectivity index (χ0n) is 16.1. The number of aromatic nitrogens is 7. The molecule has 0 aromatic carbocycles. The molecular formula is C19H19N9O2. The van der Waals surface area contributed by atoms with Gasteiger partial charge in [-0.2, -0.15) is 19.6 Å². The molecule has 4 aromatic heterocycles. The lowest BCUT2D eigenvalue weighted by atomic mass is 10.3. The first-order valence-electron chi connectivity index (χ1n) is 9.50. The van der Waals surface area contributed by atoms with E-state index >= 15 is 0 Å². The van der Waals surface area contributed by atoms with Gasteiger partial charge in [0.15, 0.2) is 5.65 Å². The molecule has 0 atom stereocenters. The normalized spacial score (nSPS) is 15.2. The quantitative estimate of drug-likeness (QED) is 0.406. The zero-order chi connectivity index (χ0) is 20.7. The van der Waals surface area contributed by atoms with Crippen LogP contribution in [0.4, 0.5) is 5.95 Å². The lowest BCUT2D eigenvalue weighted by Gasteiger charge is -2.16. The Morgan fingerprint density at radius 2 is 2.20 bits per heavy atom. The van der Waals surface area contributed by atoms with Gasteiger partial charge in [0, 0.05) is 18.5 Å². The smallest absolute Gasteiger partial charge is 0.326 e. The third kappa shape index (κ3) is 3.52. The molecule has 0 aliphatic heterocycles. The minimum Gasteiger partial charge on any atom is -0.493 e. The standard InChI is InChI=1S/C19H19N9O2/c1-27(10-13-4-2-3-7-20-13)17-24-15-11(8-14-16(29)25-19(30)23-14)9-21-28(15)18(26-17)22-12-5-6-12/h2-4,7-9,12,29H,5-6,10H2,1H3,(H2,23,25,30)/b11-8+,22-18?. The lowest BCUT2D eigenvalue weighted by molar-refractivity contribution is 0.454. The maximum atomic E-state index is 11.4. The summed E-state index contributed by atoms with van der Waals surface area (Å²) < 4.78 is 1.57. The Morgan fingerprint density at radius 1 is 1.33 bits per heavy atom. The average Bonchev–Trinajstić information content (AvgIpc) is 3.37. The summed E-state index contributed by atoms with van der Waals surface area (Å²) in [7, 11) is 1.89. The molecule has 0 saturated heterocycles. The van der Waals surface area contributed by atoms with Gasteiger partial charge in [0.05, 0.1) is 24.5 Å². The molecule has 152 valence electrons. The summed E-state index contributed by atoms with van der Waals surface area (Å²) in [5.74, 6) is 0.235. The van der Waals surface area contributed by atoms with Crippen molar-refractivity contribution < 1.29 is 5.11 Å². The number of rotatable bonds is 5. The average molecular weight is 405 g/mol. The summed E-state index contributed by atoms with van der Waals surface area (Å²) >= 11 is 0. The molecule has 11 heteroatoms. The monoisotopic (exact) mass is 405 g/mol. The molecule has 1 fully saturated rings. The van der Waals surface area contributed by atoms with Crippen LogP contribution in [0.2, 0.25) is 0 Å². The van der Waals surface area contributed by atoms with Crippen LogP contribution < -0.4 is 21.4 Å². The molecule has 0 amide bonds. The van der Waals surface area contributed by atoms with E-state index in [2.05, 4.69) is 35.0 Å². The van der Waals surface area contributed by atoms with Gasteiger partial charge in [-0.05, 0) is 31.1 Å². The molecule has 30 heavy (non-hydrogen) atoms. The van der Waals surface area contributed by atoms with Gasteiger partial charge in [0.25, 0.3) is 5.62 Å². The topological polar surface area (TPSA) is 140 Å². The van der Waals surface area contributed by atoms with E-state index in [4.69, 9.17) is 0 Å². The Balaban J connectivity index is 1.65. The van der Waals surface area contributed by atoms with Crippen molar-refractivity contribution in [1.82, 2.24) is 34.5 Å². The molecule has 0 unspecified atom stereocenters. The maximum absolute atomic E-state index is 11.4. The minimum atomic E-state index is -0.495. The molecule has 1 aliphatic rings. The summed E-state index contributed by atoms with van der Waals surface area (Å²) in [6, 6.07) is 5.99. The number of aromatic hydroxyl groups is 1. The predicted molar refractivity (Wildman–Crippen MR) is 108 cm³/mol.